The minimum atomic E-state index is -0.810. The number of hydrogen-bond acceptors (Lipinski definition) is 5. The number of aromatic nitrogens is 1. The summed E-state index contributed by atoms with van der Waals surface area (Å²) in [7, 11) is 0. The molecule has 0 radical (unpaired) electrons. The van der Waals surface area contributed by atoms with Gasteiger partial charge in [0.25, 0.3) is 5.91 Å². The van der Waals surface area contributed by atoms with E-state index in [9.17, 15) is 9.90 Å². The van der Waals surface area contributed by atoms with E-state index in [1.165, 1.54) is 13.2 Å². The Labute approximate surface area is 133 Å². The van der Waals surface area contributed by atoms with Crippen molar-refractivity contribution in [1.82, 2.24) is 10.3 Å². The Hall–Kier alpha value is -1.89. The Bertz CT molecular complexity index is 642. The van der Waals surface area contributed by atoms with Gasteiger partial charge in [0.15, 0.2) is 5.69 Å². The summed E-state index contributed by atoms with van der Waals surface area (Å²) >= 11 is 6.05. The Kier molecular flexibility index (Phi) is 5.54. The molecule has 0 spiro atoms. The first kappa shape index (κ1) is 16.5. The maximum atomic E-state index is 12.0. The molecule has 2 rings (SSSR count). The van der Waals surface area contributed by atoms with Crippen LogP contribution in [0.25, 0.3) is 0 Å². The van der Waals surface area contributed by atoms with Crippen LogP contribution in [0.15, 0.2) is 34.9 Å². The van der Waals surface area contributed by atoms with Crippen molar-refractivity contribution < 1.29 is 14.3 Å². The molecule has 6 nitrogen and oxygen atoms in total. The molecule has 0 saturated carbocycles. The lowest BCUT2D eigenvalue weighted by atomic mass is 10.1. The molecule has 0 aliphatic heterocycles. The molecule has 4 N–H and O–H groups in total. The third kappa shape index (κ3) is 4.07. The third-order valence-corrected chi connectivity index (χ3v) is 3.57. The Morgan fingerprint density at radius 2 is 2.23 bits per heavy atom. The molecule has 118 valence electrons. The van der Waals surface area contributed by atoms with Crippen molar-refractivity contribution >= 4 is 17.5 Å². The van der Waals surface area contributed by atoms with Crippen LogP contribution in [0.5, 0.6) is 0 Å². The number of aliphatic hydroxyl groups excluding tert-OH is 1. The van der Waals surface area contributed by atoms with E-state index in [0.29, 0.717) is 18.0 Å². The lowest BCUT2D eigenvalue weighted by molar-refractivity contribution is 0.0948. The first-order valence-corrected chi connectivity index (χ1v) is 7.27. The molecule has 1 aromatic carbocycles. The van der Waals surface area contributed by atoms with E-state index in [0.717, 1.165) is 5.56 Å². The highest BCUT2D eigenvalue weighted by molar-refractivity contribution is 6.31. The van der Waals surface area contributed by atoms with Crippen molar-refractivity contribution in [2.75, 3.05) is 6.54 Å². The molecule has 7 heteroatoms. The van der Waals surface area contributed by atoms with Crippen LogP contribution in [0.3, 0.4) is 0 Å². The summed E-state index contributed by atoms with van der Waals surface area (Å²) in [5, 5.41) is 12.8. The van der Waals surface area contributed by atoms with E-state index in [2.05, 4.69) is 10.3 Å². The Morgan fingerprint density at radius 3 is 2.91 bits per heavy atom. The van der Waals surface area contributed by atoms with Gasteiger partial charge in [-0.3, -0.25) is 4.79 Å². The van der Waals surface area contributed by atoms with Crippen molar-refractivity contribution in [2.24, 2.45) is 5.73 Å². The van der Waals surface area contributed by atoms with Gasteiger partial charge in [-0.2, -0.15) is 0 Å². The minimum absolute atomic E-state index is 0.130. The van der Waals surface area contributed by atoms with Gasteiger partial charge >= 0.3 is 0 Å². The zero-order valence-electron chi connectivity index (χ0n) is 12.1. The fourth-order valence-electron chi connectivity index (χ4n) is 1.85. The molecule has 22 heavy (non-hydrogen) atoms. The summed E-state index contributed by atoms with van der Waals surface area (Å²) in [5.74, 6) is -0.230. The number of nitrogens with two attached hydrogens (primary N) is 1. The molecule has 0 bridgehead atoms. The van der Waals surface area contributed by atoms with Gasteiger partial charge in [-0.1, -0.05) is 29.8 Å². The van der Waals surface area contributed by atoms with E-state index < -0.39 is 12.1 Å². The Balaban J connectivity index is 1.89. The van der Waals surface area contributed by atoms with Crippen LogP contribution in [0.2, 0.25) is 5.02 Å². The average molecular weight is 324 g/mol. The van der Waals surface area contributed by atoms with Crippen LogP contribution in [-0.2, 0) is 6.42 Å². The van der Waals surface area contributed by atoms with E-state index in [1.54, 1.807) is 6.07 Å². The number of hydrogen-bond donors (Lipinski definition) is 3. The molecule has 2 aromatic rings. The highest BCUT2D eigenvalue weighted by Gasteiger charge is 2.20. The van der Waals surface area contributed by atoms with Crippen LogP contribution in [0.4, 0.5) is 0 Å². The number of nitrogens with zero attached hydrogens (tertiary/aromatic N) is 1. The second-order valence-electron chi connectivity index (χ2n) is 4.93. The number of carbonyl (C=O) groups excluding carboxylic acids is 1. The highest BCUT2D eigenvalue weighted by Crippen LogP contribution is 2.15. The fraction of sp³-hybridized carbons (Fsp3) is 0.333. The van der Waals surface area contributed by atoms with Crippen LogP contribution < -0.4 is 11.1 Å². The molecule has 1 amide bonds. The number of rotatable bonds is 6. The first-order valence-electron chi connectivity index (χ1n) is 6.89. The maximum Gasteiger partial charge on any atom is 0.273 e. The third-order valence-electron chi connectivity index (χ3n) is 3.20. The molecular formula is C15H18ClN3O3. The second-order valence-corrected chi connectivity index (χ2v) is 5.34. The molecule has 1 aromatic heterocycles. The number of carbonyl (C=O) groups is 1. The molecule has 2 unspecified atom stereocenters. The van der Waals surface area contributed by atoms with Gasteiger partial charge in [-0.25, -0.2) is 4.98 Å². The van der Waals surface area contributed by atoms with Crippen molar-refractivity contribution in [3.8, 4) is 0 Å². The molecule has 0 fully saturated rings. The zero-order chi connectivity index (χ0) is 16.1. The van der Waals surface area contributed by atoms with Gasteiger partial charge in [0, 0.05) is 11.6 Å². The quantitative estimate of drug-likeness (QED) is 0.750. The van der Waals surface area contributed by atoms with E-state index in [1.807, 2.05) is 18.2 Å². The van der Waals surface area contributed by atoms with Crippen molar-refractivity contribution in [3.63, 3.8) is 0 Å². The topological polar surface area (TPSA) is 101 Å². The lowest BCUT2D eigenvalue weighted by Gasteiger charge is -2.09. The van der Waals surface area contributed by atoms with Crippen LogP contribution in [-0.4, -0.2) is 28.6 Å². The summed E-state index contributed by atoms with van der Waals surface area (Å²) in [6.07, 6.45) is 1.03. The average Bonchev–Trinajstić information content (AvgIpc) is 2.98. The maximum absolute atomic E-state index is 12.0. The van der Waals surface area contributed by atoms with Crippen molar-refractivity contribution in [2.45, 2.75) is 25.5 Å². The number of benzene rings is 1. The lowest BCUT2D eigenvalue weighted by Crippen LogP contribution is -2.27. The van der Waals surface area contributed by atoms with Crippen molar-refractivity contribution in [3.05, 3.63) is 52.7 Å². The molecule has 0 aliphatic carbocycles. The van der Waals surface area contributed by atoms with Gasteiger partial charge in [-0.15, -0.1) is 0 Å². The summed E-state index contributed by atoms with van der Waals surface area (Å²) in [6.45, 7) is 1.95. The van der Waals surface area contributed by atoms with E-state index >= 15 is 0 Å². The fourth-order valence-corrected chi connectivity index (χ4v) is 2.08. The van der Waals surface area contributed by atoms with Gasteiger partial charge in [-0.05, 0) is 25.0 Å². The Morgan fingerprint density at radius 1 is 1.50 bits per heavy atom. The number of oxazole rings is 1. The van der Waals surface area contributed by atoms with Gasteiger partial charge < -0.3 is 20.6 Å². The molecule has 0 saturated heterocycles. The number of aliphatic hydroxyl groups is 1. The largest absolute Gasteiger partial charge is 0.446 e. The predicted octanol–water partition coefficient (Wildman–Crippen LogP) is 1.68. The highest BCUT2D eigenvalue weighted by atomic mass is 35.5. The zero-order valence-corrected chi connectivity index (χ0v) is 12.9. The number of nitrogens with one attached hydrogen (secondary N) is 1. The van der Waals surface area contributed by atoms with E-state index in [4.69, 9.17) is 21.8 Å². The van der Waals surface area contributed by atoms with Gasteiger partial charge in [0.2, 0.25) is 5.89 Å². The molecule has 1 heterocycles. The minimum Gasteiger partial charge on any atom is -0.446 e. The normalized spacial score (nSPS) is 13.6. The molecule has 0 aliphatic rings. The van der Waals surface area contributed by atoms with Crippen LogP contribution in [0, 0.1) is 0 Å². The van der Waals surface area contributed by atoms with E-state index in [-0.39, 0.29) is 17.5 Å². The first-order chi connectivity index (χ1) is 10.5. The standard InChI is InChI=1S/C15H18ClN3O3/c1-9(20)13(17)15-19-12(8-22-15)14(21)18-7-6-10-4-2-3-5-11(10)16/h2-5,8-9,13,20H,6-7,17H2,1H3,(H,18,21). The van der Waals surface area contributed by atoms with Gasteiger partial charge in [0.1, 0.15) is 12.3 Å². The van der Waals surface area contributed by atoms with Crippen LogP contribution in [0.1, 0.15) is 34.9 Å². The second kappa shape index (κ2) is 7.40. The smallest absolute Gasteiger partial charge is 0.273 e. The summed E-state index contributed by atoms with van der Waals surface area (Å²) < 4.78 is 5.11. The SMILES string of the molecule is CC(O)C(N)c1nc(C(=O)NCCc2ccccc2Cl)co1. The van der Waals surface area contributed by atoms with Crippen LogP contribution >= 0.6 is 11.6 Å². The summed E-state index contributed by atoms with van der Waals surface area (Å²) in [4.78, 5) is 15.9. The van der Waals surface area contributed by atoms with Crippen molar-refractivity contribution in [1.29, 1.82) is 0 Å². The summed E-state index contributed by atoms with van der Waals surface area (Å²) in [6, 6.07) is 6.70. The van der Waals surface area contributed by atoms with Gasteiger partial charge in [0.05, 0.1) is 6.10 Å². The molecular weight excluding hydrogens is 306 g/mol. The predicted molar refractivity (Wildman–Crippen MR) is 82.6 cm³/mol. The number of amides is 1. The summed E-state index contributed by atoms with van der Waals surface area (Å²) in [5.41, 5.74) is 6.78. The molecule has 2 atom stereocenters. The monoisotopic (exact) mass is 323 g/mol. The number of halogens is 1.